The molecule has 0 aliphatic carbocycles. The molecule has 5 rings (SSSR count). The third-order valence-corrected chi connectivity index (χ3v) is 5.61. The number of carbonyl (C=O) groups excluding carboxylic acids is 1. The van der Waals surface area contributed by atoms with Gasteiger partial charge < -0.3 is 14.4 Å². The molecule has 0 aliphatic heterocycles. The van der Waals surface area contributed by atoms with Gasteiger partial charge >= 0.3 is 0 Å². The third kappa shape index (κ3) is 3.42. The van der Waals surface area contributed by atoms with Gasteiger partial charge in [0.25, 0.3) is 5.69 Å². The molecule has 0 atom stereocenters. The fourth-order valence-electron chi connectivity index (χ4n) is 3.23. The van der Waals surface area contributed by atoms with Gasteiger partial charge in [-0.25, -0.2) is 9.67 Å². The molecule has 3 aromatic heterocycles. The van der Waals surface area contributed by atoms with Crippen LogP contribution < -0.4 is 14.5 Å². The quantitative estimate of drug-likeness (QED) is 0.292. The molecule has 158 valence electrons. The second-order valence-corrected chi connectivity index (χ2v) is 7.53. The van der Waals surface area contributed by atoms with Crippen molar-refractivity contribution in [2.75, 3.05) is 7.11 Å². The summed E-state index contributed by atoms with van der Waals surface area (Å²) >= 11 is 1.28. The standard InChI is InChI=1S/C22H15N5O4S/c1-30-17-9-7-16(8-10-17)27-20(21(29)31-25-27)18-13-32-22(23-18)26-11-15(12-28)19(24-26)14-5-3-2-4-6-14/h2-13H,1H3. The minimum Gasteiger partial charge on any atom is -0.539 e. The van der Waals surface area contributed by atoms with Crippen LogP contribution in [0.15, 0.2) is 70.7 Å². The summed E-state index contributed by atoms with van der Waals surface area (Å²) in [4.78, 5) is 16.1. The van der Waals surface area contributed by atoms with Crippen LogP contribution in [0.2, 0.25) is 0 Å². The molecule has 32 heavy (non-hydrogen) atoms. The maximum atomic E-state index is 12.4. The van der Waals surface area contributed by atoms with E-state index in [1.807, 2.05) is 30.3 Å². The summed E-state index contributed by atoms with van der Waals surface area (Å²) in [5, 5.41) is 23.0. The summed E-state index contributed by atoms with van der Waals surface area (Å²) < 4.78 is 13.0. The number of aromatic nitrogens is 5. The molecule has 0 N–H and O–H groups in total. The zero-order valence-corrected chi connectivity index (χ0v) is 17.5. The van der Waals surface area contributed by atoms with Gasteiger partial charge in [0, 0.05) is 29.3 Å². The summed E-state index contributed by atoms with van der Waals surface area (Å²) in [6, 6.07) is 16.4. The molecule has 0 saturated carbocycles. The smallest absolute Gasteiger partial charge is 0.289 e. The molecule has 0 amide bonds. The van der Waals surface area contributed by atoms with Gasteiger partial charge in [0.15, 0.2) is 17.9 Å². The molecule has 0 saturated heterocycles. The zero-order valence-electron chi connectivity index (χ0n) is 16.7. The first-order chi connectivity index (χ1) is 15.7. The van der Waals surface area contributed by atoms with Crippen molar-refractivity contribution in [2.45, 2.75) is 0 Å². The Morgan fingerprint density at radius 1 is 1.16 bits per heavy atom. The van der Waals surface area contributed by atoms with E-state index in [9.17, 15) is 9.90 Å². The van der Waals surface area contributed by atoms with E-state index in [-0.39, 0.29) is 5.69 Å². The Kier molecular flexibility index (Phi) is 4.96. The van der Waals surface area contributed by atoms with E-state index in [4.69, 9.17) is 9.26 Å². The number of methoxy groups -OCH3 is 1. The molecule has 0 spiro atoms. The summed E-state index contributed by atoms with van der Waals surface area (Å²) in [7, 11) is 1.57. The van der Waals surface area contributed by atoms with Crippen molar-refractivity contribution in [3.05, 3.63) is 71.7 Å². The molecular formula is C22H15N5O4S. The highest BCUT2D eigenvalue weighted by Crippen LogP contribution is 2.29. The second kappa shape index (κ2) is 8.08. The number of rotatable bonds is 6. The molecule has 0 aliphatic rings. The highest BCUT2D eigenvalue weighted by Gasteiger charge is 2.25. The van der Waals surface area contributed by atoms with Crippen molar-refractivity contribution in [1.29, 1.82) is 0 Å². The molecule has 0 radical (unpaired) electrons. The lowest BCUT2D eigenvalue weighted by Gasteiger charge is -1.98. The minimum absolute atomic E-state index is 0.184. The molecule has 5 aromatic rings. The average molecular weight is 445 g/mol. The number of thiazole rings is 1. The van der Waals surface area contributed by atoms with Crippen LogP contribution in [0.5, 0.6) is 11.7 Å². The van der Waals surface area contributed by atoms with Crippen LogP contribution in [0.1, 0.15) is 10.4 Å². The van der Waals surface area contributed by atoms with Crippen molar-refractivity contribution >= 4 is 17.6 Å². The number of carbonyl (C=O) groups is 1. The Labute approximate surface area is 185 Å². The first-order valence-corrected chi connectivity index (χ1v) is 10.4. The van der Waals surface area contributed by atoms with Crippen molar-refractivity contribution in [3.63, 3.8) is 0 Å². The monoisotopic (exact) mass is 445 g/mol. The van der Waals surface area contributed by atoms with Crippen molar-refractivity contribution < 1.29 is 23.8 Å². The highest BCUT2D eigenvalue weighted by atomic mass is 32.1. The molecule has 3 heterocycles. The van der Waals surface area contributed by atoms with Gasteiger partial charge in [-0.15, -0.1) is 11.3 Å². The summed E-state index contributed by atoms with van der Waals surface area (Å²) in [6.45, 7) is 0. The van der Waals surface area contributed by atoms with E-state index in [2.05, 4.69) is 15.4 Å². The van der Waals surface area contributed by atoms with E-state index < -0.39 is 5.95 Å². The van der Waals surface area contributed by atoms with Gasteiger partial charge in [-0.3, -0.25) is 4.79 Å². The lowest BCUT2D eigenvalue weighted by atomic mass is 10.1. The van der Waals surface area contributed by atoms with Crippen LogP contribution in [0.25, 0.3) is 33.5 Å². The molecule has 0 fully saturated rings. The number of hydrogen-bond acceptors (Lipinski definition) is 8. The number of nitrogens with zero attached hydrogens (tertiary/aromatic N) is 5. The number of aldehydes is 1. The van der Waals surface area contributed by atoms with Crippen LogP contribution in [0.4, 0.5) is 0 Å². The second-order valence-electron chi connectivity index (χ2n) is 6.70. The van der Waals surface area contributed by atoms with Crippen molar-refractivity contribution in [2.24, 2.45) is 0 Å². The van der Waals surface area contributed by atoms with Crippen LogP contribution in [-0.4, -0.2) is 33.4 Å². The van der Waals surface area contributed by atoms with Crippen LogP contribution in [0.3, 0.4) is 0 Å². The topological polar surface area (TPSA) is 110 Å². The summed E-state index contributed by atoms with van der Waals surface area (Å²) in [6.07, 6.45) is 2.37. The molecule has 0 unspecified atom stereocenters. The fourth-order valence-corrected chi connectivity index (χ4v) is 3.97. The van der Waals surface area contributed by atoms with E-state index in [0.717, 1.165) is 11.8 Å². The predicted octanol–water partition coefficient (Wildman–Crippen LogP) is 2.82. The van der Waals surface area contributed by atoms with E-state index >= 15 is 0 Å². The van der Waals surface area contributed by atoms with Gasteiger partial charge in [-0.05, 0) is 16.8 Å². The first kappa shape index (κ1) is 19.6. The molecule has 0 bridgehead atoms. The van der Waals surface area contributed by atoms with E-state index in [1.54, 1.807) is 43.0 Å². The van der Waals surface area contributed by atoms with Gasteiger partial charge in [-0.1, -0.05) is 30.3 Å². The van der Waals surface area contributed by atoms with Gasteiger partial charge in [0.2, 0.25) is 10.8 Å². The zero-order chi connectivity index (χ0) is 22.1. The number of ether oxygens (including phenoxy) is 1. The molecular weight excluding hydrogens is 430 g/mol. The Morgan fingerprint density at radius 2 is 1.94 bits per heavy atom. The van der Waals surface area contributed by atoms with Crippen LogP contribution >= 0.6 is 11.3 Å². The van der Waals surface area contributed by atoms with E-state index in [0.29, 0.717) is 33.5 Å². The van der Waals surface area contributed by atoms with Crippen molar-refractivity contribution in [1.82, 2.24) is 20.0 Å². The number of benzene rings is 2. The lowest BCUT2D eigenvalue weighted by molar-refractivity contribution is -0.660. The molecule has 9 nitrogen and oxygen atoms in total. The SMILES string of the molecule is COc1ccc(-[n+]2noc([O-])c2-c2csc(-n3cc(C=O)c(-c4ccccc4)n3)n2)cc1. The Morgan fingerprint density at radius 3 is 2.66 bits per heavy atom. The highest BCUT2D eigenvalue weighted by molar-refractivity contribution is 7.12. The van der Waals surface area contributed by atoms with Crippen molar-refractivity contribution in [3.8, 4) is 45.2 Å². The normalized spacial score (nSPS) is 10.9. The van der Waals surface area contributed by atoms with E-state index in [1.165, 1.54) is 20.7 Å². The first-order valence-electron chi connectivity index (χ1n) is 9.48. The largest absolute Gasteiger partial charge is 0.539 e. The summed E-state index contributed by atoms with van der Waals surface area (Å²) in [5.41, 5.74) is 3.01. The predicted molar refractivity (Wildman–Crippen MR) is 113 cm³/mol. The Balaban J connectivity index is 1.53. The van der Waals surface area contributed by atoms with Gasteiger partial charge in [-0.2, -0.15) is 5.10 Å². The number of hydrogen-bond donors (Lipinski definition) is 0. The lowest BCUT2D eigenvalue weighted by Crippen LogP contribution is -2.34. The fraction of sp³-hybridized carbons (Fsp3) is 0.0455. The summed E-state index contributed by atoms with van der Waals surface area (Å²) in [5.74, 6) is 0.0632. The van der Waals surface area contributed by atoms with Gasteiger partial charge in [0.05, 0.1) is 17.9 Å². The maximum absolute atomic E-state index is 12.4. The van der Waals surface area contributed by atoms with Crippen LogP contribution in [0, 0.1) is 0 Å². The Bertz CT molecular complexity index is 1390. The average Bonchev–Trinajstić information content (AvgIpc) is 3.57. The maximum Gasteiger partial charge on any atom is 0.289 e. The molecule has 10 heteroatoms. The van der Waals surface area contributed by atoms with Gasteiger partial charge in [0.1, 0.15) is 11.4 Å². The van der Waals surface area contributed by atoms with Crippen LogP contribution in [-0.2, 0) is 0 Å². The minimum atomic E-state index is -0.614. The Hall–Kier alpha value is -4.31. The molecule has 2 aromatic carbocycles. The third-order valence-electron chi connectivity index (χ3n) is 4.77.